The lowest BCUT2D eigenvalue weighted by atomic mass is 10.0. The van der Waals surface area contributed by atoms with Crippen molar-refractivity contribution in [2.75, 3.05) is 5.33 Å². The Morgan fingerprint density at radius 3 is 2.53 bits per heavy atom. The third-order valence-corrected chi connectivity index (χ3v) is 2.55. The molecule has 0 radical (unpaired) electrons. The molecule has 0 heterocycles. The first-order valence-electron chi connectivity index (χ1n) is 4.88. The SMILES string of the molecule is O=Cc1ccc(C=CCCBr)c(C(F)(F)F)c1. The number of aldehydes is 1. The molecule has 0 fully saturated rings. The van der Waals surface area contributed by atoms with E-state index in [9.17, 15) is 18.0 Å². The van der Waals surface area contributed by atoms with E-state index in [2.05, 4.69) is 15.9 Å². The summed E-state index contributed by atoms with van der Waals surface area (Å²) in [6.07, 6.45) is -0.334. The summed E-state index contributed by atoms with van der Waals surface area (Å²) in [6, 6.07) is 3.54. The largest absolute Gasteiger partial charge is 0.417 e. The van der Waals surface area contributed by atoms with E-state index in [4.69, 9.17) is 0 Å². The lowest BCUT2D eigenvalue weighted by Gasteiger charge is -2.10. The van der Waals surface area contributed by atoms with Crippen LogP contribution in [0.5, 0.6) is 0 Å². The van der Waals surface area contributed by atoms with Crippen LogP contribution in [0.2, 0.25) is 0 Å². The van der Waals surface area contributed by atoms with Gasteiger partial charge in [-0.15, -0.1) is 0 Å². The molecular formula is C12H10BrF3O. The Morgan fingerprint density at radius 1 is 1.29 bits per heavy atom. The summed E-state index contributed by atoms with van der Waals surface area (Å²) in [5, 5.41) is 0.692. The van der Waals surface area contributed by atoms with Gasteiger partial charge in [0.2, 0.25) is 0 Å². The van der Waals surface area contributed by atoms with Gasteiger partial charge in [0, 0.05) is 10.9 Å². The van der Waals surface area contributed by atoms with Crippen LogP contribution in [-0.2, 0) is 6.18 Å². The number of hydrogen-bond acceptors (Lipinski definition) is 1. The molecule has 17 heavy (non-hydrogen) atoms. The molecule has 1 rings (SSSR count). The molecule has 0 N–H and O–H groups in total. The zero-order valence-corrected chi connectivity index (χ0v) is 10.4. The minimum absolute atomic E-state index is 0.0231. The molecule has 1 aromatic rings. The predicted octanol–water partition coefficient (Wildman–Crippen LogP) is 4.32. The Bertz CT molecular complexity index is 424. The van der Waals surface area contributed by atoms with Crippen LogP contribution in [0.1, 0.15) is 27.9 Å². The Labute approximate surface area is 105 Å². The van der Waals surface area contributed by atoms with E-state index in [1.165, 1.54) is 18.2 Å². The van der Waals surface area contributed by atoms with Crippen molar-refractivity contribution in [3.05, 3.63) is 41.0 Å². The van der Waals surface area contributed by atoms with Gasteiger partial charge in [-0.3, -0.25) is 4.79 Å². The standard InChI is InChI=1S/C12H10BrF3O/c13-6-2-1-3-10-5-4-9(8-17)7-11(10)12(14,15)16/h1,3-5,7-8H,2,6H2. The van der Waals surface area contributed by atoms with Gasteiger partial charge in [-0.05, 0) is 18.1 Å². The van der Waals surface area contributed by atoms with Crippen molar-refractivity contribution < 1.29 is 18.0 Å². The van der Waals surface area contributed by atoms with Crippen LogP contribution in [0.4, 0.5) is 13.2 Å². The molecule has 1 nitrogen and oxygen atoms in total. The van der Waals surface area contributed by atoms with Crippen molar-refractivity contribution in [2.45, 2.75) is 12.6 Å². The number of halogens is 4. The van der Waals surface area contributed by atoms with Crippen LogP contribution in [-0.4, -0.2) is 11.6 Å². The lowest BCUT2D eigenvalue weighted by molar-refractivity contribution is -0.137. The molecule has 0 spiro atoms. The molecule has 5 heteroatoms. The van der Waals surface area contributed by atoms with E-state index < -0.39 is 11.7 Å². The van der Waals surface area contributed by atoms with Crippen LogP contribution in [0, 0.1) is 0 Å². The monoisotopic (exact) mass is 306 g/mol. The second kappa shape index (κ2) is 6.00. The van der Waals surface area contributed by atoms with Gasteiger partial charge in [0.05, 0.1) is 5.56 Å². The molecule has 0 atom stereocenters. The molecule has 0 aliphatic carbocycles. The average Bonchev–Trinajstić information content (AvgIpc) is 2.28. The summed E-state index contributed by atoms with van der Waals surface area (Å²) in [5.74, 6) is 0. The van der Waals surface area contributed by atoms with Gasteiger partial charge in [0.1, 0.15) is 6.29 Å². The fourth-order valence-corrected chi connectivity index (χ4v) is 1.58. The van der Waals surface area contributed by atoms with Gasteiger partial charge >= 0.3 is 6.18 Å². The first-order chi connectivity index (χ1) is 7.99. The van der Waals surface area contributed by atoms with Crippen LogP contribution in [0.3, 0.4) is 0 Å². The maximum absolute atomic E-state index is 12.7. The van der Waals surface area contributed by atoms with Gasteiger partial charge in [-0.25, -0.2) is 0 Å². The Hall–Kier alpha value is -1.10. The number of benzene rings is 1. The molecule has 0 aromatic heterocycles. The fourth-order valence-electron chi connectivity index (χ4n) is 1.31. The van der Waals surface area contributed by atoms with E-state index in [1.807, 2.05) is 0 Å². The van der Waals surface area contributed by atoms with Crippen molar-refractivity contribution in [1.82, 2.24) is 0 Å². The summed E-state index contributed by atoms with van der Waals surface area (Å²) < 4.78 is 38.1. The minimum atomic E-state index is -4.45. The second-order valence-corrected chi connectivity index (χ2v) is 4.14. The number of rotatable bonds is 4. The van der Waals surface area contributed by atoms with Gasteiger partial charge in [0.25, 0.3) is 0 Å². The zero-order valence-electron chi connectivity index (χ0n) is 8.80. The maximum atomic E-state index is 12.7. The molecule has 92 valence electrons. The minimum Gasteiger partial charge on any atom is -0.298 e. The highest BCUT2D eigenvalue weighted by Crippen LogP contribution is 2.33. The second-order valence-electron chi connectivity index (χ2n) is 3.34. The molecule has 0 bridgehead atoms. The average molecular weight is 307 g/mol. The molecule has 0 saturated carbocycles. The summed E-state index contributed by atoms with van der Waals surface area (Å²) in [4.78, 5) is 10.5. The van der Waals surface area contributed by atoms with Gasteiger partial charge in [-0.1, -0.05) is 40.2 Å². The van der Waals surface area contributed by atoms with Crippen molar-refractivity contribution in [2.24, 2.45) is 0 Å². The van der Waals surface area contributed by atoms with Crippen LogP contribution in [0.15, 0.2) is 24.3 Å². The topological polar surface area (TPSA) is 17.1 Å². The highest BCUT2D eigenvalue weighted by molar-refractivity contribution is 9.09. The molecule has 0 aliphatic heterocycles. The maximum Gasteiger partial charge on any atom is 0.417 e. The van der Waals surface area contributed by atoms with Crippen molar-refractivity contribution in [1.29, 1.82) is 0 Å². The smallest absolute Gasteiger partial charge is 0.298 e. The Morgan fingerprint density at radius 2 is 2.00 bits per heavy atom. The lowest BCUT2D eigenvalue weighted by Crippen LogP contribution is -2.08. The molecule has 0 unspecified atom stereocenters. The normalized spacial score (nSPS) is 12.0. The van der Waals surface area contributed by atoms with E-state index in [1.54, 1.807) is 6.08 Å². The van der Waals surface area contributed by atoms with Gasteiger partial charge < -0.3 is 0 Å². The summed E-state index contributed by atoms with van der Waals surface area (Å²) in [7, 11) is 0. The zero-order chi connectivity index (χ0) is 12.9. The van der Waals surface area contributed by atoms with Crippen LogP contribution < -0.4 is 0 Å². The van der Waals surface area contributed by atoms with E-state index in [0.29, 0.717) is 18.0 Å². The van der Waals surface area contributed by atoms with Crippen LogP contribution in [0.25, 0.3) is 6.08 Å². The Balaban J connectivity index is 3.16. The van der Waals surface area contributed by atoms with E-state index in [-0.39, 0.29) is 11.1 Å². The summed E-state index contributed by atoms with van der Waals surface area (Å²) in [5.41, 5.74) is -0.688. The third-order valence-electron chi connectivity index (χ3n) is 2.09. The van der Waals surface area contributed by atoms with Crippen LogP contribution >= 0.6 is 15.9 Å². The van der Waals surface area contributed by atoms with Crippen molar-refractivity contribution in [3.8, 4) is 0 Å². The van der Waals surface area contributed by atoms with E-state index in [0.717, 1.165) is 6.07 Å². The number of carbonyl (C=O) groups is 1. The third kappa shape index (κ3) is 4.00. The Kier molecular flexibility index (Phi) is 4.93. The van der Waals surface area contributed by atoms with Gasteiger partial charge in [0.15, 0.2) is 0 Å². The molecule has 0 aliphatic rings. The summed E-state index contributed by atoms with van der Waals surface area (Å²) >= 11 is 3.18. The molecular weight excluding hydrogens is 297 g/mol. The number of hydrogen-bond donors (Lipinski definition) is 0. The summed E-state index contributed by atoms with van der Waals surface area (Å²) in [6.45, 7) is 0. The molecule has 0 amide bonds. The quantitative estimate of drug-likeness (QED) is 0.598. The predicted molar refractivity (Wildman–Crippen MR) is 64.3 cm³/mol. The number of allylic oxidation sites excluding steroid dienone is 1. The first-order valence-corrected chi connectivity index (χ1v) is 6.00. The number of alkyl halides is 4. The fraction of sp³-hybridized carbons (Fsp3) is 0.250. The van der Waals surface area contributed by atoms with Crippen molar-refractivity contribution in [3.63, 3.8) is 0 Å². The van der Waals surface area contributed by atoms with Crippen molar-refractivity contribution >= 4 is 28.3 Å². The molecule has 0 saturated heterocycles. The highest BCUT2D eigenvalue weighted by atomic mass is 79.9. The highest BCUT2D eigenvalue weighted by Gasteiger charge is 2.32. The number of carbonyl (C=O) groups excluding carboxylic acids is 1. The molecule has 1 aromatic carbocycles. The van der Waals surface area contributed by atoms with E-state index >= 15 is 0 Å². The van der Waals surface area contributed by atoms with Gasteiger partial charge in [-0.2, -0.15) is 13.2 Å². The first kappa shape index (κ1) is 14.0.